The number of carbonyl (C=O) groups is 6. The first-order valence-electron chi connectivity index (χ1n) is 17.5. The van der Waals surface area contributed by atoms with Crippen LogP contribution < -0.4 is 27.4 Å². The number of carboxylic acid groups (broad SMARTS) is 2. The lowest BCUT2D eigenvalue weighted by Crippen LogP contribution is -2.59. The van der Waals surface area contributed by atoms with Crippen LogP contribution in [-0.4, -0.2) is 84.9 Å². The number of hydrogen-bond donors (Lipinski definition) is 10. The zero-order chi connectivity index (χ0) is 39.2. The van der Waals surface area contributed by atoms with Crippen molar-refractivity contribution in [2.75, 3.05) is 0 Å². The Balaban J connectivity index is 1.29. The highest BCUT2D eigenvalue weighted by atomic mass is 16.4. The van der Waals surface area contributed by atoms with Gasteiger partial charge >= 0.3 is 11.9 Å². The van der Waals surface area contributed by atoms with Crippen molar-refractivity contribution in [1.29, 1.82) is 0 Å². The number of amides is 4. The second-order valence-electron chi connectivity index (χ2n) is 13.3. The molecule has 3 heterocycles. The number of nitrogens with one attached hydrogen (secondary N) is 6. The number of carbonyl (C=O) groups excluding carboxylic acids is 4. The monoisotopic (exact) mass is 748 g/mol. The molecule has 0 aliphatic rings. The van der Waals surface area contributed by atoms with Gasteiger partial charge in [0, 0.05) is 70.6 Å². The number of aliphatic carboxylic acids is 2. The van der Waals surface area contributed by atoms with Crippen LogP contribution >= 0.6 is 0 Å². The Hall–Kier alpha value is -6.94. The maximum absolute atomic E-state index is 14.3. The molecule has 0 spiro atoms. The van der Waals surface area contributed by atoms with E-state index in [1.54, 1.807) is 24.7 Å². The fourth-order valence-corrected chi connectivity index (χ4v) is 6.70. The second kappa shape index (κ2) is 16.4. The number of primary amides is 1. The number of para-hydroxylation sites is 3. The maximum Gasteiger partial charge on any atom is 0.317 e. The molecular weight excluding hydrogens is 708 g/mol. The molecule has 6 aromatic rings. The highest BCUT2D eigenvalue weighted by Gasteiger charge is 2.35. The van der Waals surface area contributed by atoms with Crippen molar-refractivity contribution in [2.24, 2.45) is 17.4 Å². The number of nitrogens with two attached hydrogens (primary N) is 2. The molecule has 0 aliphatic heterocycles. The summed E-state index contributed by atoms with van der Waals surface area (Å²) in [4.78, 5) is 87.0. The van der Waals surface area contributed by atoms with Crippen LogP contribution in [0.5, 0.6) is 0 Å². The van der Waals surface area contributed by atoms with Crippen LogP contribution in [0.2, 0.25) is 0 Å². The lowest BCUT2D eigenvalue weighted by molar-refractivity contribution is -0.155. The van der Waals surface area contributed by atoms with Crippen LogP contribution in [0.15, 0.2) is 91.4 Å². The van der Waals surface area contributed by atoms with E-state index in [1.165, 1.54) is 0 Å². The molecule has 284 valence electrons. The molecule has 16 nitrogen and oxygen atoms in total. The predicted octanol–water partition coefficient (Wildman–Crippen LogP) is 1.60. The predicted molar refractivity (Wildman–Crippen MR) is 202 cm³/mol. The SMILES string of the molecule is NC(=O)[C@H](CC(C(=O)O)C(=O)O)NC(=O)[C@@H](Cc1c[nH]c2ccccc12)NC(=O)[C@H](Cc1c[nH]c2ccccc12)NC(=O)[C@H](N)Cc1c[nH]c2ccccc12. The number of carboxylic acids is 2. The van der Waals surface area contributed by atoms with Gasteiger partial charge in [0.25, 0.3) is 0 Å². The normalized spacial score (nSPS) is 13.6. The topological polar surface area (TPSA) is 278 Å². The molecule has 0 saturated carbocycles. The minimum atomic E-state index is -2.05. The van der Waals surface area contributed by atoms with E-state index in [1.807, 2.05) is 66.7 Å². The van der Waals surface area contributed by atoms with Crippen LogP contribution in [0, 0.1) is 5.92 Å². The molecule has 0 saturated heterocycles. The molecule has 3 aromatic carbocycles. The van der Waals surface area contributed by atoms with Crippen molar-refractivity contribution < 1.29 is 39.0 Å². The average Bonchev–Trinajstić information content (AvgIpc) is 3.89. The fourth-order valence-electron chi connectivity index (χ4n) is 6.70. The number of rotatable bonds is 17. The Morgan fingerprint density at radius 2 is 0.909 bits per heavy atom. The molecule has 3 aromatic heterocycles. The first-order chi connectivity index (χ1) is 26.4. The third kappa shape index (κ3) is 8.66. The van der Waals surface area contributed by atoms with Crippen molar-refractivity contribution in [3.8, 4) is 0 Å². The van der Waals surface area contributed by atoms with Gasteiger partial charge in [0.2, 0.25) is 23.6 Å². The number of H-pyrrole nitrogens is 3. The van der Waals surface area contributed by atoms with Gasteiger partial charge in [-0.1, -0.05) is 54.6 Å². The zero-order valence-electron chi connectivity index (χ0n) is 29.4. The Kier molecular flexibility index (Phi) is 11.3. The van der Waals surface area contributed by atoms with Crippen LogP contribution in [0.3, 0.4) is 0 Å². The van der Waals surface area contributed by atoms with E-state index in [-0.39, 0.29) is 19.3 Å². The van der Waals surface area contributed by atoms with E-state index >= 15 is 0 Å². The molecular formula is C39H40N8O8. The van der Waals surface area contributed by atoms with Crippen molar-refractivity contribution in [3.05, 3.63) is 108 Å². The Labute approximate surface area is 313 Å². The van der Waals surface area contributed by atoms with Crippen molar-refractivity contribution in [2.45, 2.75) is 49.9 Å². The van der Waals surface area contributed by atoms with Gasteiger partial charge in [-0.05, 0) is 41.3 Å². The molecule has 0 aliphatic carbocycles. The molecule has 4 atom stereocenters. The largest absolute Gasteiger partial charge is 0.481 e. The van der Waals surface area contributed by atoms with E-state index in [9.17, 15) is 39.0 Å². The maximum atomic E-state index is 14.3. The Morgan fingerprint density at radius 3 is 1.31 bits per heavy atom. The number of benzene rings is 3. The van der Waals surface area contributed by atoms with E-state index in [0.717, 1.165) is 38.3 Å². The zero-order valence-corrected chi connectivity index (χ0v) is 29.4. The molecule has 16 heteroatoms. The van der Waals surface area contributed by atoms with Gasteiger partial charge in [-0.2, -0.15) is 0 Å². The molecule has 0 radical (unpaired) electrons. The summed E-state index contributed by atoms with van der Waals surface area (Å²) in [5.41, 5.74) is 16.4. The van der Waals surface area contributed by atoms with Crippen molar-refractivity contribution in [1.82, 2.24) is 30.9 Å². The van der Waals surface area contributed by atoms with Gasteiger partial charge < -0.3 is 52.6 Å². The summed E-state index contributed by atoms with van der Waals surface area (Å²) in [6.45, 7) is 0. The Morgan fingerprint density at radius 1 is 0.545 bits per heavy atom. The summed E-state index contributed by atoms with van der Waals surface area (Å²) in [7, 11) is 0. The summed E-state index contributed by atoms with van der Waals surface area (Å²) in [6.07, 6.45) is 4.34. The highest BCUT2D eigenvalue weighted by Crippen LogP contribution is 2.22. The summed E-state index contributed by atoms with van der Waals surface area (Å²) >= 11 is 0. The lowest BCUT2D eigenvalue weighted by atomic mass is 9.98. The lowest BCUT2D eigenvalue weighted by Gasteiger charge is -2.26. The molecule has 6 rings (SSSR count). The molecule has 55 heavy (non-hydrogen) atoms. The first kappa shape index (κ1) is 37.8. The van der Waals surface area contributed by atoms with E-state index < -0.39 is 72.1 Å². The number of aromatic amines is 3. The van der Waals surface area contributed by atoms with Crippen LogP contribution in [0.4, 0.5) is 0 Å². The highest BCUT2D eigenvalue weighted by molar-refractivity contribution is 5.98. The molecule has 0 unspecified atom stereocenters. The van der Waals surface area contributed by atoms with Crippen molar-refractivity contribution >= 4 is 68.3 Å². The first-order valence-corrected chi connectivity index (χ1v) is 17.5. The third-order valence-corrected chi connectivity index (χ3v) is 9.64. The van der Waals surface area contributed by atoms with Crippen LogP contribution in [-0.2, 0) is 48.0 Å². The summed E-state index contributed by atoms with van der Waals surface area (Å²) < 4.78 is 0. The quantitative estimate of drug-likeness (QED) is 0.0606. The fraction of sp³-hybridized carbons (Fsp3) is 0.231. The van der Waals surface area contributed by atoms with Gasteiger partial charge in [0.15, 0.2) is 5.92 Å². The number of aromatic nitrogens is 3. The molecule has 0 bridgehead atoms. The van der Waals surface area contributed by atoms with Gasteiger partial charge in [-0.15, -0.1) is 0 Å². The number of fused-ring (bicyclic) bond motifs is 3. The van der Waals surface area contributed by atoms with Crippen LogP contribution in [0.25, 0.3) is 32.7 Å². The van der Waals surface area contributed by atoms with Gasteiger partial charge in [-0.25, -0.2) is 0 Å². The summed E-state index contributed by atoms with van der Waals surface area (Å²) in [6, 6.07) is 16.8. The third-order valence-electron chi connectivity index (χ3n) is 9.64. The summed E-state index contributed by atoms with van der Waals surface area (Å²) in [5, 5.41) is 29.1. The van der Waals surface area contributed by atoms with Gasteiger partial charge in [-0.3, -0.25) is 28.8 Å². The average molecular weight is 749 g/mol. The van der Waals surface area contributed by atoms with Crippen molar-refractivity contribution in [3.63, 3.8) is 0 Å². The standard InChI is InChI=1S/C39H40N8O8/c40-27(13-20-17-42-28-10-4-1-7-23(20)28)35(49)46-32(14-21-18-43-29-11-5-2-8-24(21)29)37(51)47-33(15-22-19-44-30-12-6-3-9-25(22)30)36(50)45-31(34(41)48)16-26(38(52)53)39(54)55/h1-12,17-19,26-27,31-33,42-44H,13-16,40H2,(H2,41,48)(H,45,50)(H,46,49)(H,47,51)(H,52,53)(H,54,55)/t27-,31+,32+,33-/m1/s1. The van der Waals surface area contributed by atoms with E-state index in [0.29, 0.717) is 11.1 Å². The van der Waals surface area contributed by atoms with Gasteiger partial charge in [0.05, 0.1) is 6.04 Å². The van der Waals surface area contributed by atoms with E-state index in [4.69, 9.17) is 11.5 Å². The number of hydrogen-bond acceptors (Lipinski definition) is 7. The molecule has 4 amide bonds. The minimum Gasteiger partial charge on any atom is -0.481 e. The van der Waals surface area contributed by atoms with Gasteiger partial charge in [0.1, 0.15) is 18.1 Å². The molecule has 12 N–H and O–H groups in total. The minimum absolute atomic E-state index is 0.00830. The van der Waals surface area contributed by atoms with E-state index in [2.05, 4.69) is 30.9 Å². The van der Waals surface area contributed by atoms with Crippen LogP contribution in [0.1, 0.15) is 23.1 Å². The summed E-state index contributed by atoms with van der Waals surface area (Å²) in [5.74, 6) is -9.00. The Bertz CT molecular complexity index is 2380. The smallest absolute Gasteiger partial charge is 0.317 e. The second-order valence-corrected chi connectivity index (χ2v) is 13.3. The molecule has 0 fully saturated rings.